The summed E-state index contributed by atoms with van der Waals surface area (Å²) in [4.78, 5) is 12.0. The molecule has 0 radical (unpaired) electrons. The number of hydrogen-bond acceptors (Lipinski definition) is 2. The summed E-state index contributed by atoms with van der Waals surface area (Å²) in [6.45, 7) is 2.32. The summed E-state index contributed by atoms with van der Waals surface area (Å²) in [5, 5.41) is 12.8. The first-order chi connectivity index (χ1) is 10.6. The van der Waals surface area contributed by atoms with E-state index in [2.05, 4.69) is 5.32 Å². The van der Waals surface area contributed by atoms with Gasteiger partial charge in [0.2, 0.25) is 5.91 Å². The van der Waals surface area contributed by atoms with E-state index in [1.807, 2.05) is 67.6 Å². The maximum Gasteiger partial charge on any atom is 0.220 e. The summed E-state index contributed by atoms with van der Waals surface area (Å²) in [6, 6.07) is 19.8. The molecule has 0 aliphatic carbocycles. The van der Waals surface area contributed by atoms with Crippen molar-refractivity contribution in [2.24, 2.45) is 0 Å². The maximum absolute atomic E-state index is 12.0. The topological polar surface area (TPSA) is 49.3 Å². The van der Waals surface area contributed by atoms with Gasteiger partial charge < -0.3 is 10.4 Å². The molecule has 0 saturated heterocycles. The van der Waals surface area contributed by atoms with Crippen molar-refractivity contribution in [2.75, 3.05) is 6.54 Å². The van der Waals surface area contributed by atoms with E-state index in [0.29, 0.717) is 12.8 Å². The van der Waals surface area contributed by atoms with Gasteiger partial charge in [0.25, 0.3) is 0 Å². The summed E-state index contributed by atoms with van der Waals surface area (Å²) in [5.74, 6) is 0.149. The van der Waals surface area contributed by atoms with Gasteiger partial charge in [-0.15, -0.1) is 0 Å². The van der Waals surface area contributed by atoms with Gasteiger partial charge in [0.05, 0.1) is 6.10 Å². The van der Waals surface area contributed by atoms with Crippen molar-refractivity contribution >= 4 is 5.91 Å². The minimum atomic E-state index is -0.557. The second-order valence-corrected chi connectivity index (χ2v) is 5.66. The van der Waals surface area contributed by atoms with E-state index < -0.39 is 6.10 Å². The van der Waals surface area contributed by atoms with Crippen LogP contribution < -0.4 is 5.32 Å². The molecule has 0 aliphatic heterocycles. The smallest absolute Gasteiger partial charge is 0.220 e. The third-order valence-electron chi connectivity index (χ3n) is 3.71. The standard InChI is InChI=1S/C19H23NO2/c1-15(17-10-6-3-7-11-17)12-19(22)20-14-18(21)13-16-8-4-2-5-9-16/h2-11,15,18,21H,12-14H2,1H3,(H,20,22)/t15-,18+/m1/s1. The zero-order valence-corrected chi connectivity index (χ0v) is 12.9. The molecule has 0 unspecified atom stereocenters. The molecule has 2 aromatic carbocycles. The average Bonchev–Trinajstić information content (AvgIpc) is 2.55. The third-order valence-corrected chi connectivity index (χ3v) is 3.71. The summed E-state index contributed by atoms with van der Waals surface area (Å²) < 4.78 is 0. The van der Waals surface area contributed by atoms with E-state index in [9.17, 15) is 9.90 Å². The van der Waals surface area contributed by atoms with Crippen LogP contribution in [-0.2, 0) is 11.2 Å². The van der Waals surface area contributed by atoms with Crippen LogP contribution >= 0.6 is 0 Å². The Kier molecular flexibility index (Phi) is 6.16. The Balaban J connectivity index is 1.73. The molecule has 22 heavy (non-hydrogen) atoms. The van der Waals surface area contributed by atoms with Gasteiger partial charge in [0.15, 0.2) is 0 Å². The van der Waals surface area contributed by atoms with Crippen LogP contribution in [0.1, 0.15) is 30.4 Å². The van der Waals surface area contributed by atoms with Crippen LogP contribution in [0.3, 0.4) is 0 Å². The predicted molar refractivity (Wildman–Crippen MR) is 88.6 cm³/mol. The monoisotopic (exact) mass is 297 g/mol. The Morgan fingerprint density at radius 3 is 2.27 bits per heavy atom. The van der Waals surface area contributed by atoms with Crippen LogP contribution in [0, 0.1) is 0 Å². The van der Waals surface area contributed by atoms with Gasteiger partial charge >= 0.3 is 0 Å². The molecule has 3 nitrogen and oxygen atoms in total. The number of rotatable bonds is 7. The van der Waals surface area contributed by atoms with E-state index >= 15 is 0 Å². The summed E-state index contributed by atoms with van der Waals surface area (Å²) >= 11 is 0. The number of nitrogens with one attached hydrogen (secondary N) is 1. The van der Waals surface area contributed by atoms with Crippen molar-refractivity contribution in [1.82, 2.24) is 5.32 Å². The molecule has 2 rings (SSSR count). The lowest BCUT2D eigenvalue weighted by Crippen LogP contribution is -2.33. The predicted octanol–water partition coefficient (Wildman–Crippen LogP) is 2.90. The molecule has 0 fully saturated rings. The quantitative estimate of drug-likeness (QED) is 0.825. The van der Waals surface area contributed by atoms with Crippen molar-refractivity contribution in [2.45, 2.75) is 31.8 Å². The Morgan fingerprint density at radius 2 is 1.64 bits per heavy atom. The van der Waals surface area contributed by atoms with Crippen LogP contribution in [0.25, 0.3) is 0 Å². The number of aliphatic hydroxyl groups excluding tert-OH is 1. The lowest BCUT2D eigenvalue weighted by molar-refractivity contribution is -0.121. The zero-order chi connectivity index (χ0) is 15.8. The van der Waals surface area contributed by atoms with E-state index in [1.54, 1.807) is 0 Å². The van der Waals surface area contributed by atoms with E-state index in [1.165, 1.54) is 0 Å². The molecule has 1 amide bonds. The van der Waals surface area contributed by atoms with Gasteiger partial charge in [-0.3, -0.25) is 4.79 Å². The highest BCUT2D eigenvalue weighted by molar-refractivity contribution is 5.76. The first-order valence-corrected chi connectivity index (χ1v) is 7.69. The SMILES string of the molecule is C[C@H](CC(=O)NC[C@@H](O)Cc1ccccc1)c1ccccc1. The van der Waals surface area contributed by atoms with Crippen LogP contribution in [0.2, 0.25) is 0 Å². The molecular formula is C19H23NO2. The van der Waals surface area contributed by atoms with Crippen molar-refractivity contribution < 1.29 is 9.90 Å². The van der Waals surface area contributed by atoms with E-state index in [4.69, 9.17) is 0 Å². The first-order valence-electron chi connectivity index (χ1n) is 7.69. The Morgan fingerprint density at radius 1 is 1.05 bits per heavy atom. The Hall–Kier alpha value is -2.13. The maximum atomic E-state index is 12.0. The van der Waals surface area contributed by atoms with Crippen molar-refractivity contribution in [3.63, 3.8) is 0 Å². The van der Waals surface area contributed by atoms with Crippen molar-refractivity contribution in [3.8, 4) is 0 Å². The van der Waals surface area contributed by atoms with E-state index in [0.717, 1.165) is 11.1 Å². The lowest BCUT2D eigenvalue weighted by atomic mass is 9.97. The highest BCUT2D eigenvalue weighted by atomic mass is 16.3. The summed E-state index contributed by atoms with van der Waals surface area (Å²) in [7, 11) is 0. The normalized spacial score (nSPS) is 13.4. The third kappa shape index (κ3) is 5.34. The number of aliphatic hydroxyl groups is 1. The number of benzene rings is 2. The van der Waals surface area contributed by atoms with Crippen LogP contribution in [0.4, 0.5) is 0 Å². The van der Waals surface area contributed by atoms with Crippen LogP contribution in [0.15, 0.2) is 60.7 Å². The molecule has 0 aliphatic rings. The highest BCUT2D eigenvalue weighted by Gasteiger charge is 2.12. The van der Waals surface area contributed by atoms with E-state index in [-0.39, 0.29) is 18.4 Å². The molecule has 0 heterocycles. The fourth-order valence-corrected chi connectivity index (χ4v) is 2.44. The Bertz CT molecular complexity index is 569. The number of carbonyl (C=O) groups is 1. The molecular weight excluding hydrogens is 274 g/mol. The van der Waals surface area contributed by atoms with Crippen LogP contribution in [-0.4, -0.2) is 23.7 Å². The summed E-state index contributed by atoms with van der Waals surface area (Å²) in [5.41, 5.74) is 2.23. The lowest BCUT2D eigenvalue weighted by Gasteiger charge is -2.14. The molecule has 0 spiro atoms. The van der Waals surface area contributed by atoms with Gasteiger partial charge in [-0.25, -0.2) is 0 Å². The average molecular weight is 297 g/mol. The van der Waals surface area contributed by atoms with Gasteiger partial charge in [-0.05, 0) is 17.0 Å². The second-order valence-electron chi connectivity index (χ2n) is 5.66. The number of carbonyl (C=O) groups excluding carboxylic acids is 1. The largest absolute Gasteiger partial charge is 0.391 e. The molecule has 3 heteroatoms. The van der Waals surface area contributed by atoms with Crippen LogP contribution in [0.5, 0.6) is 0 Å². The number of amides is 1. The fourth-order valence-electron chi connectivity index (χ4n) is 2.44. The van der Waals surface area contributed by atoms with Gasteiger partial charge in [0.1, 0.15) is 0 Å². The first kappa shape index (κ1) is 16.2. The molecule has 2 N–H and O–H groups in total. The minimum absolute atomic E-state index is 0.0246. The fraction of sp³-hybridized carbons (Fsp3) is 0.316. The minimum Gasteiger partial charge on any atom is -0.391 e. The molecule has 0 bridgehead atoms. The van der Waals surface area contributed by atoms with Gasteiger partial charge in [-0.2, -0.15) is 0 Å². The second kappa shape index (κ2) is 8.35. The summed E-state index contributed by atoms with van der Waals surface area (Å²) in [6.07, 6.45) is 0.427. The molecule has 0 saturated carbocycles. The molecule has 116 valence electrons. The van der Waals surface area contributed by atoms with Gasteiger partial charge in [0, 0.05) is 19.4 Å². The molecule has 2 aromatic rings. The Labute approximate surface area is 132 Å². The number of hydrogen-bond donors (Lipinski definition) is 2. The zero-order valence-electron chi connectivity index (χ0n) is 12.9. The van der Waals surface area contributed by atoms with Crippen molar-refractivity contribution in [1.29, 1.82) is 0 Å². The molecule has 2 atom stereocenters. The molecule has 0 aromatic heterocycles. The highest BCUT2D eigenvalue weighted by Crippen LogP contribution is 2.17. The van der Waals surface area contributed by atoms with Gasteiger partial charge in [-0.1, -0.05) is 67.6 Å². The van der Waals surface area contributed by atoms with Crippen molar-refractivity contribution in [3.05, 3.63) is 71.8 Å².